The third-order valence-corrected chi connectivity index (χ3v) is 0.604. The lowest BCUT2D eigenvalue weighted by Gasteiger charge is -1.97. The molecule has 0 rings (SSSR count). The highest BCUT2D eigenvalue weighted by atomic mass is 35.5. The smallest absolute Gasteiger partial charge is 0.277 e. The van der Waals surface area contributed by atoms with Gasteiger partial charge >= 0.3 is 0 Å². The minimum Gasteiger partial charge on any atom is -0.361 e. The van der Waals surface area contributed by atoms with Crippen molar-refractivity contribution in [3.8, 4) is 0 Å². The van der Waals surface area contributed by atoms with E-state index in [9.17, 15) is 4.79 Å². The lowest BCUT2D eigenvalue weighted by atomic mass is 10.7. The van der Waals surface area contributed by atoms with Crippen molar-refractivity contribution in [1.82, 2.24) is 0 Å². The van der Waals surface area contributed by atoms with Crippen molar-refractivity contribution in [3.63, 3.8) is 0 Å². The first-order valence-corrected chi connectivity index (χ1v) is 1.96. The summed E-state index contributed by atoms with van der Waals surface area (Å²) < 4.78 is 4.09. The maximum Gasteiger partial charge on any atom is 0.277 e. The predicted octanol–water partition coefficient (Wildman–Crippen LogP) is -0.283. The van der Waals surface area contributed by atoms with E-state index in [-0.39, 0.29) is 0 Å². The number of carbonyl (C=O) groups excluding carboxylic acids is 1. The fraction of sp³-hybridized carbons (Fsp3) is 0.667. The number of rotatable bonds is 2. The Morgan fingerprint density at radius 2 is 2.43 bits per heavy atom. The molecule has 0 aromatic carbocycles. The molecule has 42 valence electrons. The number of hydrogen-bond donors (Lipinski definition) is 1. The second kappa shape index (κ2) is 2.96. The number of aliphatic hydroxyl groups excluding tert-OH is 1. The van der Waals surface area contributed by atoms with Gasteiger partial charge in [0, 0.05) is 7.11 Å². The Hall–Kier alpha value is -0.120. The molecule has 1 unspecified atom stereocenters. The van der Waals surface area contributed by atoms with Gasteiger partial charge in [0.15, 0.2) is 0 Å². The molecule has 0 aromatic rings. The lowest BCUT2D eigenvalue weighted by molar-refractivity contribution is -0.141. The van der Waals surface area contributed by atoms with E-state index in [0.29, 0.717) is 0 Å². The zero-order valence-corrected chi connectivity index (χ0v) is 4.47. The molecule has 0 heterocycles. The highest BCUT2D eigenvalue weighted by Crippen LogP contribution is 1.88. The third-order valence-electron chi connectivity index (χ3n) is 0.417. The summed E-state index contributed by atoms with van der Waals surface area (Å²) in [5, 5.41) is 7.33. The Morgan fingerprint density at radius 1 is 2.00 bits per heavy atom. The van der Waals surface area contributed by atoms with Crippen molar-refractivity contribution in [2.24, 2.45) is 0 Å². The maximum absolute atomic E-state index is 9.77. The summed E-state index contributed by atoms with van der Waals surface area (Å²) in [6, 6.07) is 0. The predicted molar refractivity (Wildman–Crippen MR) is 23.9 cm³/mol. The summed E-state index contributed by atoms with van der Waals surface area (Å²) >= 11 is 4.71. The van der Waals surface area contributed by atoms with Crippen LogP contribution in [0.3, 0.4) is 0 Å². The van der Waals surface area contributed by atoms with E-state index >= 15 is 0 Å². The van der Waals surface area contributed by atoms with Crippen LogP contribution in [0.25, 0.3) is 0 Å². The van der Waals surface area contributed by atoms with Gasteiger partial charge in [-0.15, -0.1) is 0 Å². The minimum absolute atomic E-state index is 0.900. The van der Waals surface area contributed by atoms with Gasteiger partial charge in [0.25, 0.3) is 5.24 Å². The summed E-state index contributed by atoms with van der Waals surface area (Å²) in [5.41, 5.74) is 0. The van der Waals surface area contributed by atoms with Crippen LogP contribution in [0.2, 0.25) is 0 Å². The summed E-state index contributed by atoms with van der Waals surface area (Å²) in [4.78, 5) is 9.77. The molecule has 1 atom stereocenters. The van der Waals surface area contributed by atoms with Crippen LogP contribution in [0, 0.1) is 0 Å². The number of hydrogen-bond acceptors (Lipinski definition) is 3. The lowest BCUT2D eigenvalue weighted by Crippen LogP contribution is -2.16. The molecule has 0 aliphatic rings. The Bertz CT molecular complexity index is 72.6. The van der Waals surface area contributed by atoms with Gasteiger partial charge in [-0.05, 0) is 11.6 Å². The van der Waals surface area contributed by atoms with E-state index < -0.39 is 11.5 Å². The van der Waals surface area contributed by atoms with Crippen LogP contribution >= 0.6 is 11.6 Å². The molecule has 0 aliphatic carbocycles. The molecule has 0 aromatic heterocycles. The number of halogens is 1. The van der Waals surface area contributed by atoms with Crippen LogP contribution < -0.4 is 0 Å². The zero-order chi connectivity index (χ0) is 5.86. The SMILES string of the molecule is COC(O)C(=O)Cl. The van der Waals surface area contributed by atoms with Crippen molar-refractivity contribution >= 4 is 16.8 Å². The van der Waals surface area contributed by atoms with Crippen molar-refractivity contribution in [3.05, 3.63) is 0 Å². The third kappa shape index (κ3) is 2.56. The Balaban J connectivity index is 3.34. The van der Waals surface area contributed by atoms with Gasteiger partial charge in [0.05, 0.1) is 0 Å². The first-order chi connectivity index (χ1) is 3.18. The van der Waals surface area contributed by atoms with Crippen molar-refractivity contribution in [2.45, 2.75) is 6.29 Å². The van der Waals surface area contributed by atoms with E-state index in [1.165, 1.54) is 7.11 Å². The molecular weight excluding hydrogens is 119 g/mol. The molecule has 0 fully saturated rings. The van der Waals surface area contributed by atoms with Crippen LogP contribution in [0.1, 0.15) is 0 Å². The standard InChI is InChI=1S/C3H5ClO3/c1-7-3(6)2(4)5/h3,6H,1H3. The van der Waals surface area contributed by atoms with Crippen LogP contribution in [0.15, 0.2) is 0 Å². The van der Waals surface area contributed by atoms with Crippen LogP contribution in [0.4, 0.5) is 0 Å². The largest absolute Gasteiger partial charge is 0.361 e. The van der Waals surface area contributed by atoms with Gasteiger partial charge in [-0.1, -0.05) is 0 Å². The molecule has 0 radical (unpaired) electrons. The first kappa shape index (κ1) is 6.88. The Labute approximate surface area is 45.8 Å². The highest BCUT2D eigenvalue weighted by molar-refractivity contribution is 6.64. The van der Waals surface area contributed by atoms with Gasteiger partial charge in [-0.3, -0.25) is 4.79 Å². The second-order valence-electron chi connectivity index (χ2n) is 0.892. The van der Waals surface area contributed by atoms with Crippen LogP contribution in [-0.2, 0) is 9.53 Å². The number of aliphatic hydroxyl groups is 1. The normalized spacial score (nSPS) is 13.6. The molecule has 7 heavy (non-hydrogen) atoms. The van der Waals surface area contributed by atoms with E-state index in [0.717, 1.165) is 0 Å². The molecule has 0 amide bonds. The molecule has 4 heteroatoms. The average molecular weight is 125 g/mol. The van der Waals surface area contributed by atoms with E-state index in [4.69, 9.17) is 16.7 Å². The molecule has 0 aliphatic heterocycles. The van der Waals surface area contributed by atoms with Crippen LogP contribution in [-0.4, -0.2) is 23.7 Å². The number of methoxy groups -OCH3 is 1. The summed E-state index contributed by atoms with van der Waals surface area (Å²) in [6.45, 7) is 0. The fourth-order valence-corrected chi connectivity index (χ4v) is 0.182. The topological polar surface area (TPSA) is 46.5 Å². The van der Waals surface area contributed by atoms with Crippen molar-refractivity contribution < 1.29 is 14.6 Å². The molecule has 0 saturated heterocycles. The minimum atomic E-state index is -1.47. The first-order valence-electron chi connectivity index (χ1n) is 1.58. The fourth-order valence-electron chi connectivity index (χ4n) is 0.0927. The molecular formula is C3H5ClO3. The van der Waals surface area contributed by atoms with Crippen molar-refractivity contribution in [1.29, 1.82) is 0 Å². The summed E-state index contributed by atoms with van der Waals surface area (Å²) in [5.74, 6) is 0. The monoisotopic (exact) mass is 124 g/mol. The number of carbonyl (C=O) groups is 1. The van der Waals surface area contributed by atoms with E-state index in [2.05, 4.69) is 4.74 Å². The van der Waals surface area contributed by atoms with Crippen molar-refractivity contribution in [2.75, 3.05) is 7.11 Å². The maximum atomic E-state index is 9.77. The van der Waals surface area contributed by atoms with Crippen LogP contribution in [0.5, 0.6) is 0 Å². The average Bonchev–Trinajstić information content (AvgIpc) is 1.65. The van der Waals surface area contributed by atoms with E-state index in [1.54, 1.807) is 0 Å². The highest BCUT2D eigenvalue weighted by Gasteiger charge is 2.07. The molecule has 0 bridgehead atoms. The van der Waals surface area contributed by atoms with Gasteiger partial charge in [0.1, 0.15) is 0 Å². The van der Waals surface area contributed by atoms with E-state index in [1.807, 2.05) is 0 Å². The summed E-state index contributed by atoms with van der Waals surface area (Å²) in [7, 11) is 1.19. The molecule has 1 N–H and O–H groups in total. The van der Waals surface area contributed by atoms with Gasteiger partial charge in [-0.25, -0.2) is 0 Å². The van der Waals surface area contributed by atoms with Gasteiger partial charge in [-0.2, -0.15) is 0 Å². The zero-order valence-electron chi connectivity index (χ0n) is 3.72. The molecule has 0 spiro atoms. The molecule has 0 saturated carbocycles. The van der Waals surface area contributed by atoms with Gasteiger partial charge < -0.3 is 9.84 Å². The Kier molecular flexibility index (Phi) is 2.91. The molecule has 3 nitrogen and oxygen atoms in total. The second-order valence-corrected chi connectivity index (χ2v) is 1.26. The quantitative estimate of drug-likeness (QED) is 0.407. The summed E-state index contributed by atoms with van der Waals surface area (Å²) in [6.07, 6.45) is -1.47. The Morgan fingerprint density at radius 3 is 2.43 bits per heavy atom. The number of ether oxygens (including phenoxy) is 1. The van der Waals surface area contributed by atoms with Gasteiger partial charge in [0.2, 0.25) is 6.29 Å².